The van der Waals surface area contributed by atoms with Crippen LogP contribution in [0.4, 0.5) is 0 Å². The third-order valence-electron chi connectivity index (χ3n) is 3.22. The van der Waals surface area contributed by atoms with Gasteiger partial charge in [-0.25, -0.2) is 0 Å². The van der Waals surface area contributed by atoms with Crippen LogP contribution < -0.4 is 5.32 Å². The first-order valence-corrected chi connectivity index (χ1v) is 6.58. The lowest BCUT2D eigenvalue weighted by atomic mass is 10.0. The highest BCUT2D eigenvalue weighted by Gasteiger charge is 2.11. The third kappa shape index (κ3) is 4.44. The number of nitrogens with zero attached hydrogens (tertiary/aromatic N) is 1. The molecule has 1 aliphatic heterocycles. The lowest BCUT2D eigenvalue weighted by molar-refractivity contribution is 0.106. The van der Waals surface area contributed by atoms with Gasteiger partial charge >= 0.3 is 0 Å². The number of aryl methyl sites for hydroxylation is 1. The zero-order valence-electron chi connectivity index (χ0n) is 10.6. The molecule has 0 amide bonds. The highest BCUT2D eigenvalue weighted by Crippen LogP contribution is 2.10. The van der Waals surface area contributed by atoms with Gasteiger partial charge in [-0.1, -0.05) is 12.5 Å². The second-order valence-corrected chi connectivity index (χ2v) is 4.76. The molecule has 0 spiro atoms. The molecule has 2 rings (SSSR count). The van der Waals surface area contributed by atoms with Crippen LogP contribution in [-0.2, 0) is 11.3 Å². The molecule has 3 heteroatoms. The normalized spacial score (nSPS) is 20.4. The molecule has 1 aromatic rings. The van der Waals surface area contributed by atoms with Crippen molar-refractivity contribution in [2.24, 2.45) is 0 Å². The zero-order chi connectivity index (χ0) is 11.9. The van der Waals surface area contributed by atoms with Crippen LogP contribution in [-0.4, -0.2) is 24.2 Å². The van der Waals surface area contributed by atoms with Crippen molar-refractivity contribution in [2.45, 2.75) is 45.3 Å². The number of hydrogen-bond donors (Lipinski definition) is 1. The minimum absolute atomic E-state index is 0.633. The summed E-state index contributed by atoms with van der Waals surface area (Å²) in [6, 6.07) is 6.72. The molecule has 0 radical (unpaired) electrons. The van der Waals surface area contributed by atoms with E-state index < -0.39 is 0 Å². The highest BCUT2D eigenvalue weighted by atomic mass is 16.5. The van der Waals surface area contributed by atoms with Gasteiger partial charge in [0.15, 0.2) is 0 Å². The number of piperidine rings is 1. The topological polar surface area (TPSA) is 34.1 Å². The van der Waals surface area contributed by atoms with Crippen molar-refractivity contribution in [1.29, 1.82) is 0 Å². The van der Waals surface area contributed by atoms with Crippen molar-refractivity contribution in [3.05, 3.63) is 29.6 Å². The van der Waals surface area contributed by atoms with Gasteiger partial charge in [0.05, 0.1) is 12.3 Å². The molecule has 1 aliphatic rings. The molecule has 1 atom stereocenters. The summed E-state index contributed by atoms with van der Waals surface area (Å²) in [5.74, 6) is 0. The average Bonchev–Trinajstić information content (AvgIpc) is 2.36. The number of hydrogen-bond acceptors (Lipinski definition) is 3. The summed E-state index contributed by atoms with van der Waals surface area (Å²) in [6.45, 7) is 4.64. The van der Waals surface area contributed by atoms with Crippen LogP contribution in [0, 0.1) is 6.92 Å². The van der Waals surface area contributed by atoms with E-state index in [-0.39, 0.29) is 0 Å². The Morgan fingerprint density at radius 1 is 1.41 bits per heavy atom. The second-order valence-electron chi connectivity index (χ2n) is 4.76. The summed E-state index contributed by atoms with van der Waals surface area (Å²) >= 11 is 0. The fraction of sp³-hybridized carbons (Fsp3) is 0.643. The molecule has 0 aromatic carbocycles. The van der Waals surface area contributed by atoms with Crippen molar-refractivity contribution in [2.75, 3.05) is 13.2 Å². The number of ether oxygens (including phenoxy) is 1. The summed E-state index contributed by atoms with van der Waals surface area (Å²) in [5.41, 5.74) is 2.08. The number of rotatable bonds is 5. The van der Waals surface area contributed by atoms with Crippen LogP contribution in [0.25, 0.3) is 0 Å². The lowest BCUT2D eigenvalue weighted by Crippen LogP contribution is -2.34. The fourth-order valence-corrected chi connectivity index (χ4v) is 2.25. The maximum absolute atomic E-state index is 5.67. The fourth-order valence-electron chi connectivity index (χ4n) is 2.25. The van der Waals surface area contributed by atoms with Gasteiger partial charge in [0, 0.05) is 18.3 Å². The summed E-state index contributed by atoms with van der Waals surface area (Å²) in [4.78, 5) is 4.42. The molecule has 0 aliphatic carbocycles. The summed E-state index contributed by atoms with van der Waals surface area (Å²) in [7, 11) is 0. The van der Waals surface area contributed by atoms with Crippen molar-refractivity contribution < 1.29 is 4.74 Å². The molecule has 2 heterocycles. The second kappa shape index (κ2) is 6.72. The van der Waals surface area contributed by atoms with Gasteiger partial charge in [-0.3, -0.25) is 4.98 Å². The van der Waals surface area contributed by atoms with Gasteiger partial charge in [-0.05, 0) is 44.9 Å². The maximum atomic E-state index is 5.67. The first-order valence-electron chi connectivity index (χ1n) is 6.58. The largest absolute Gasteiger partial charge is 0.375 e. The van der Waals surface area contributed by atoms with E-state index in [1.807, 2.05) is 25.1 Å². The first kappa shape index (κ1) is 12.5. The molecule has 1 fully saturated rings. The van der Waals surface area contributed by atoms with E-state index in [1.54, 1.807) is 0 Å². The Morgan fingerprint density at radius 3 is 3.12 bits per heavy atom. The average molecular weight is 234 g/mol. The number of pyridine rings is 1. The van der Waals surface area contributed by atoms with E-state index in [1.165, 1.54) is 25.8 Å². The Kier molecular flexibility index (Phi) is 4.95. The molecule has 3 nitrogen and oxygen atoms in total. The molecule has 17 heavy (non-hydrogen) atoms. The molecular weight excluding hydrogens is 212 g/mol. The summed E-state index contributed by atoms with van der Waals surface area (Å²) in [6.07, 6.45) is 5.10. The van der Waals surface area contributed by atoms with Crippen LogP contribution >= 0.6 is 0 Å². The molecule has 0 bridgehead atoms. The van der Waals surface area contributed by atoms with Crippen LogP contribution in [0.3, 0.4) is 0 Å². The predicted octanol–water partition coefficient (Wildman–Crippen LogP) is 2.44. The van der Waals surface area contributed by atoms with E-state index >= 15 is 0 Å². The monoisotopic (exact) mass is 234 g/mol. The number of aromatic nitrogens is 1. The Morgan fingerprint density at radius 2 is 2.35 bits per heavy atom. The van der Waals surface area contributed by atoms with Crippen LogP contribution in [0.5, 0.6) is 0 Å². The van der Waals surface area contributed by atoms with Crippen molar-refractivity contribution in [3.63, 3.8) is 0 Å². The van der Waals surface area contributed by atoms with E-state index in [2.05, 4.69) is 10.3 Å². The Balaban J connectivity index is 1.62. The van der Waals surface area contributed by atoms with Crippen LogP contribution in [0.15, 0.2) is 18.2 Å². The van der Waals surface area contributed by atoms with Crippen LogP contribution in [0.1, 0.15) is 37.1 Å². The lowest BCUT2D eigenvalue weighted by Gasteiger charge is -2.23. The van der Waals surface area contributed by atoms with Crippen molar-refractivity contribution in [1.82, 2.24) is 10.3 Å². The molecule has 1 saturated heterocycles. The van der Waals surface area contributed by atoms with Crippen molar-refractivity contribution in [3.8, 4) is 0 Å². The van der Waals surface area contributed by atoms with E-state index in [9.17, 15) is 0 Å². The van der Waals surface area contributed by atoms with Gasteiger partial charge in [-0.15, -0.1) is 0 Å². The number of nitrogens with one attached hydrogen (secondary N) is 1. The van der Waals surface area contributed by atoms with E-state index in [4.69, 9.17) is 4.74 Å². The smallest absolute Gasteiger partial charge is 0.0887 e. The molecular formula is C14H22N2O. The minimum atomic E-state index is 0.633. The van der Waals surface area contributed by atoms with Gasteiger partial charge in [0.1, 0.15) is 0 Å². The van der Waals surface area contributed by atoms with E-state index in [0.29, 0.717) is 12.6 Å². The summed E-state index contributed by atoms with van der Waals surface area (Å²) in [5, 5.41) is 3.53. The Hall–Kier alpha value is -0.930. The quantitative estimate of drug-likeness (QED) is 0.795. The predicted molar refractivity (Wildman–Crippen MR) is 68.9 cm³/mol. The Labute approximate surface area is 104 Å². The third-order valence-corrected chi connectivity index (χ3v) is 3.22. The molecule has 1 unspecified atom stereocenters. The Bertz CT molecular complexity index is 335. The standard InChI is InChI=1S/C14H22N2O/c1-12-5-4-7-14(16-12)11-17-10-8-13-6-2-3-9-15-13/h4-5,7,13,15H,2-3,6,8-11H2,1H3. The minimum Gasteiger partial charge on any atom is -0.375 e. The van der Waals surface area contributed by atoms with Crippen molar-refractivity contribution >= 4 is 0 Å². The van der Waals surface area contributed by atoms with Crippen LogP contribution in [0.2, 0.25) is 0 Å². The van der Waals surface area contributed by atoms with Gasteiger partial charge in [0.25, 0.3) is 0 Å². The van der Waals surface area contributed by atoms with Gasteiger partial charge < -0.3 is 10.1 Å². The van der Waals surface area contributed by atoms with E-state index in [0.717, 1.165) is 24.4 Å². The molecule has 0 saturated carbocycles. The molecule has 1 aromatic heterocycles. The molecule has 1 N–H and O–H groups in total. The first-order chi connectivity index (χ1) is 8.34. The summed E-state index contributed by atoms with van der Waals surface area (Å²) < 4.78 is 5.67. The SMILES string of the molecule is Cc1cccc(COCCC2CCCCN2)n1. The maximum Gasteiger partial charge on any atom is 0.0887 e. The van der Waals surface area contributed by atoms with Gasteiger partial charge in [0.2, 0.25) is 0 Å². The molecule has 94 valence electrons. The zero-order valence-corrected chi connectivity index (χ0v) is 10.6. The van der Waals surface area contributed by atoms with Gasteiger partial charge in [-0.2, -0.15) is 0 Å². The highest BCUT2D eigenvalue weighted by molar-refractivity contribution is 5.08.